The Bertz CT molecular complexity index is 529. The largest absolute Gasteiger partial charge is 0.481 e. The zero-order valence-corrected chi connectivity index (χ0v) is 11.3. The molecule has 1 saturated heterocycles. The van der Waals surface area contributed by atoms with Crippen molar-refractivity contribution < 1.29 is 32.5 Å². The molecule has 7 heteroatoms. The van der Waals surface area contributed by atoms with Crippen molar-refractivity contribution in [3.8, 4) is 0 Å². The molecule has 0 bridgehead atoms. The van der Waals surface area contributed by atoms with E-state index in [0.717, 1.165) is 12.1 Å². The molecular weight excluding hydrogens is 289 g/mol. The van der Waals surface area contributed by atoms with Gasteiger partial charge in [0.2, 0.25) is 0 Å². The van der Waals surface area contributed by atoms with E-state index in [4.69, 9.17) is 14.6 Å². The fraction of sp³-hybridized carbons (Fsp3) is 0.500. The smallest absolute Gasteiger partial charge is 0.416 e. The lowest BCUT2D eigenvalue weighted by Crippen LogP contribution is -2.30. The molecule has 1 N–H and O–H groups in total. The summed E-state index contributed by atoms with van der Waals surface area (Å²) < 4.78 is 48.9. The molecule has 1 fully saturated rings. The lowest BCUT2D eigenvalue weighted by molar-refractivity contribution is -0.158. The molecule has 0 radical (unpaired) electrons. The third kappa shape index (κ3) is 4.18. The summed E-state index contributed by atoms with van der Waals surface area (Å²) in [4.78, 5) is 10.6. The van der Waals surface area contributed by atoms with Crippen LogP contribution < -0.4 is 0 Å². The van der Waals surface area contributed by atoms with E-state index in [1.54, 1.807) is 13.0 Å². The van der Waals surface area contributed by atoms with Crippen LogP contribution in [0, 0.1) is 0 Å². The quantitative estimate of drug-likeness (QED) is 0.929. The van der Waals surface area contributed by atoms with Gasteiger partial charge in [-0.05, 0) is 18.6 Å². The number of benzene rings is 1. The fourth-order valence-corrected chi connectivity index (χ4v) is 2.31. The number of carboxylic acid groups (broad SMARTS) is 1. The molecule has 1 aromatic rings. The molecule has 1 heterocycles. The molecule has 4 nitrogen and oxygen atoms in total. The van der Waals surface area contributed by atoms with Crippen molar-refractivity contribution in [1.29, 1.82) is 0 Å². The maximum atomic E-state index is 12.7. The number of alkyl halides is 3. The molecule has 0 spiro atoms. The molecule has 1 aliphatic heterocycles. The van der Waals surface area contributed by atoms with E-state index in [-0.39, 0.29) is 19.4 Å². The van der Waals surface area contributed by atoms with Crippen molar-refractivity contribution in [2.75, 3.05) is 6.61 Å². The van der Waals surface area contributed by atoms with Crippen LogP contribution in [0.2, 0.25) is 0 Å². The molecule has 1 aromatic carbocycles. The second-order valence-electron chi connectivity index (χ2n) is 5.16. The van der Waals surface area contributed by atoms with Gasteiger partial charge in [-0.2, -0.15) is 13.2 Å². The van der Waals surface area contributed by atoms with E-state index in [1.807, 2.05) is 0 Å². The van der Waals surface area contributed by atoms with Crippen molar-refractivity contribution in [3.05, 3.63) is 35.4 Å². The van der Waals surface area contributed by atoms with Gasteiger partial charge in [0.1, 0.15) is 0 Å². The predicted molar refractivity (Wildman–Crippen MR) is 66.6 cm³/mol. The molecule has 116 valence electrons. The number of aliphatic carboxylic acids is 1. The lowest BCUT2D eigenvalue weighted by Gasteiger charge is -2.23. The Morgan fingerprint density at radius 3 is 2.81 bits per heavy atom. The SMILES string of the molecule is CC1(Cc2cccc(C(F)(F)F)c2)OCC(CC(=O)O)O1. The highest BCUT2D eigenvalue weighted by Gasteiger charge is 2.38. The van der Waals surface area contributed by atoms with Crippen LogP contribution in [0.4, 0.5) is 13.2 Å². The first-order valence-corrected chi connectivity index (χ1v) is 6.38. The minimum Gasteiger partial charge on any atom is -0.481 e. The van der Waals surface area contributed by atoms with Gasteiger partial charge in [-0.25, -0.2) is 0 Å². The first kappa shape index (κ1) is 15.8. The van der Waals surface area contributed by atoms with Crippen LogP contribution in [0.15, 0.2) is 24.3 Å². The third-order valence-corrected chi connectivity index (χ3v) is 3.17. The molecule has 21 heavy (non-hydrogen) atoms. The van der Waals surface area contributed by atoms with Crippen molar-refractivity contribution in [1.82, 2.24) is 0 Å². The van der Waals surface area contributed by atoms with Crippen molar-refractivity contribution >= 4 is 5.97 Å². The lowest BCUT2D eigenvalue weighted by atomic mass is 10.0. The summed E-state index contributed by atoms with van der Waals surface area (Å²) in [6.07, 6.45) is -5.07. The van der Waals surface area contributed by atoms with E-state index in [0.29, 0.717) is 5.56 Å². The van der Waals surface area contributed by atoms with Crippen LogP contribution >= 0.6 is 0 Å². The molecule has 0 saturated carbocycles. The molecule has 0 amide bonds. The molecule has 1 aliphatic rings. The van der Waals surface area contributed by atoms with Crippen LogP contribution in [-0.4, -0.2) is 29.6 Å². The monoisotopic (exact) mass is 304 g/mol. The van der Waals surface area contributed by atoms with Gasteiger partial charge in [0, 0.05) is 6.42 Å². The van der Waals surface area contributed by atoms with Gasteiger partial charge in [-0.3, -0.25) is 4.79 Å². The predicted octanol–water partition coefficient (Wildman–Crippen LogP) is 2.85. The molecule has 2 atom stereocenters. The second-order valence-corrected chi connectivity index (χ2v) is 5.16. The maximum absolute atomic E-state index is 12.7. The molecule has 0 aliphatic carbocycles. The average Bonchev–Trinajstić information content (AvgIpc) is 2.68. The van der Waals surface area contributed by atoms with Crippen LogP contribution in [0.25, 0.3) is 0 Å². The molecule has 0 aromatic heterocycles. The van der Waals surface area contributed by atoms with E-state index in [1.165, 1.54) is 6.07 Å². The van der Waals surface area contributed by atoms with Gasteiger partial charge in [0.15, 0.2) is 5.79 Å². The zero-order chi connectivity index (χ0) is 15.7. The summed E-state index contributed by atoms with van der Waals surface area (Å²) >= 11 is 0. The third-order valence-electron chi connectivity index (χ3n) is 3.17. The highest BCUT2D eigenvalue weighted by Crippen LogP contribution is 2.32. The minimum absolute atomic E-state index is 0.113. The highest BCUT2D eigenvalue weighted by atomic mass is 19.4. The van der Waals surface area contributed by atoms with Gasteiger partial charge in [-0.1, -0.05) is 18.2 Å². The topological polar surface area (TPSA) is 55.8 Å². The Morgan fingerprint density at radius 1 is 1.48 bits per heavy atom. The Kier molecular flexibility index (Phi) is 4.25. The molecule has 2 unspecified atom stereocenters. The first-order chi connectivity index (χ1) is 9.68. The summed E-state index contributed by atoms with van der Waals surface area (Å²) in [6, 6.07) is 4.92. The van der Waals surface area contributed by atoms with Crippen LogP contribution in [0.3, 0.4) is 0 Å². The number of rotatable bonds is 4. The van der Waals surface area contributed by atoms with E-state index < -0.39 is 29.6 Å². The number of carbonyl (C=O) groups is 1. The van der Waals surface area contributed by atoms with E-state index >= 15 is 0 Å². The van der Waals surface area contributed by atoms with Crippen LogP contribution in [0.1, 0.15) is 24.5 Å². The summed E-state index contributed by atoms with van der Waals surface area (Å²) in [5, 5.41) is 8.70. The number of halogens is 3. The standard InChI is InChI=1S/C14H15F3O4/c1-13(20-8-11(21-13)6-12(18)19)7-9-3-2-4-10(5-9)14(15,16)17/h2-5,11H,6-8H2,1H3,(H,18,19). The minimum atomic E-state index is -4.40. The Morgan fingerprint density at radius 2 is 2.19 bits per heavy atom. The van der Waals surface area contributed by atoms with E-state index in [9.17, 15) is 18.0 Å². The molecular formula is C14H15F3O4. The van der Waals surface area contributed by atoms with Gasteiger partial charge < -0.3 is 14.6 Å². The van der Waals surface area contributed by atoms with Crippen LogP contribution in [0.5, 0.6) is 0 Å². The Hall–Kier alpha value is -1.60. The zero-order valence-electron chi connectivity index (χ0n) is 11.3. The normalized spacial score (nSPS) is 26.0. The van der Waals surface area contributed by atoms with Gasteiger partial charge in [0.25, 0.3) is 0 Å². The first-order valence-electron chi connectivity index (χ1n) is 6.38. The summed E-state index contributed by atoms with van der Waals surface area (Å²) in [5.74, 6) is -2.11. The van der Waals surface area contributed by atoms with Crippen LogP contribution in [-0.2, 0) is 26.9 Å². The maximum Gasteiger partial charge on any atom is 0.416 e. The second kappa shape index (κ2) is 5.65. The number of carboxylic acids is 1. The Balaban J connectivity index is 2.06. The molecule has 2 rings (SSSR count). The number of ether oxygens (including phenoxy) is 2. The number of hydrogen-bond donors (Lipinski definition) is 1. The van der Waals surface area contributed by atoms with Gasteiger partial charge in [-0.15, -0.1) is 0 Å². The van der Waals surface area contributed by atoms with Crippen molar-refractivity contribution in [2.24, 2.45) is 0 Å². The van der Waals surface area contributed by atoms with Crippen molar-refractivity contribution in [3.63, 3.8) is 0 Å². The summed E-state index contributed by atoms with van der Waals surface area (Å²) in [5.41, 5.74) is -0.313. The highest BCUT2D eigenvalue weighted by molar-refractivity contribution is 5.67. The summed E-state index contributed by atoms with van der Waals surface area (Å²) in [6.45, 7) is 1.71. The number of hydrogen-bond acceptors (Lipinski definition) is 3. The summed E-state index contributed by atoms with van der Waals surface area (Å²) in [7, 11) is 0. The van der Waals surface area contributed by atoms with E-state index in [2.05, 4.69) is 0 Å². The van der Waals surface area contributed by atoms with Crippen molar-refractivity contribution in [2.45, 2.75) is 37.8 Å². The van der Waals surface area contributed by atoms with Gasteiger partial charge >= 0.3 is 12.1 Å². The Labute approximate surface area is 119 Å². The average molecular weight is 304 g/mol. The van der Waals surface area contributed by atoms with Gasteiger partial charge in [0.05, 0.1) is 24.7 Å². The fourth-order valence-electron chi connectivity index (χ4n) is 2.31.